The van der Waals surface area contributed by atoms with Crippen molar-refractivity contribution in [2.75, 3.05) is 13.1 Å². The Morgan fingerprint density at radius 3 is 2.52 bits per heavy atom. The number of non-ortho nitro benzene ring substituents is 1. The quantitative estimate of drug-likeness (QED) is 0.596. The van der Waals surface area contributed by atoms with Gasteiger partial charge in [0.15, 0.2) is 0 Å². The van der Waals surface area contributed by atoms with Crippen molar-refractivity contribution >= 4 is 5.69 Å². The summed E-state index contributed by atoms with van der Waals surface area (Å²) in [4.78, 5) is 12.5. The zero-order valence-electron chi connectivity index (χ0n) is 11.8. The van der Waals surface area contributed by atoms with Crippen molar-refractivity contribution in [2.45, 2.75) is 19.5 Å². The Bertz CT molecular complexity index is 552. The summed E-state index contributed by atoms with van der Waals surface area (Å²) in [6, 6.07) is 10.4. The topological polar surface area (TPSA) is 85.5 Å². The summed E-state index contributed by atoms with van der Waals surface area (Å²) in [6.45, 7) is 2.89. The largest absolute Gasteiger partial charge is 0.468 e. The van der Waals surface area contributed by atoms with Crippen LogP contribution in [0.5, 0.6) is 0 Å². The molecule has 2 aromatic rings. The lowest BCUT2D eigenvalue weighted by molar-refractivity contribution is -0.384. The molecule has 0 aliphatic carbocycles. The Labute approximate surface area is 123 Å². The van der Waals surface area contributed by atoms with Gasteiger partial charge < -0.3 is 10.2 Å². The molecule has 0 unspecified atom stereocenters. The molecule has 0 saturated carbocycles. The molecule has 0 fully saturated rings. The molecule has 0 radical (unpaired) electrons. The number of nitro groups is 1. The average molecular weight is 289 g/mol. The average Bonchev–Trinajstić information content (AvgIpc) is 2.98. The van der Waals surface area contributed by atoms with Gasteiger partial charge in [0, 0.05) is 25.2 Å². The van der Waals surface area contributed by atoms with E-state index >= 15 is 0 Å². The van der Waals surface area contributed by atoms with Gasteiger partial charge in [0.25, 0.3) is 5.69 Å². The highest BCUT2D eigenvalue weighted by Crippen LogP contribution is 2.15. The molecule has 2 rings (SSSR count). The number of furan rings is 1. The first-order valence-electron chi connectivity index (χ1n) is 6.87. The summed E-state index contributed by atoms with van der Waals surface area (Å²) >= 11 is 0. The second-order valence-corrected chi connectivity index (χ2v) is 4.86. The molecule has 0 aliphatic heterocycles. The van der Waals surface area contributed by atoms with E-state index in [1.165, 1.54) is 12.1 Å². The maximum Gasteiger partial charge on any atom is 0.269 e. The second-order valence-electron chi connectivity index (χ2n) is 4.86. The third-order valence-electron chi connectivity index (χ3n) is 3.19. The van der Waals surface area contributed by atoms with Gasteiger partial charge in [0.05, 0.1) is 17.7 Å². The molecule has 0 atom stereocenters. The lowest BCUT2D eigenvalue weighted by Crippen LogP contribution is -2.25. The molecule has 0 spiro atoms. The Kier molecular flexibility index (Phi) is 5.48. The van der Waals surface area contributed by atoms with Crippen LogP contribution in [0.15, 0.2) is 47.1 Å². The number of hydrogen-bond acceptors (Lipinski definition) is 5. The van der Waals surface area contributed by atoms with Gasteiger partial charge in [-0.05, 0) is 30.7 Å². The van der Waals surface area contributed by atoms with E-state index in [9.17, 15) is 10.1 Å². The van der Waals surface area contributed by atoms with Crippen molar-refractivity contribution < 1.29 is 9.34 Å². The van der Waals surface area contributed by atoms with Gasteiger partial charge in [0.1, 0.15) is 5.76 Å². The second kappa shape index (κ2) is 7.56. The van der Waals surface area contributed by atoms with Crippen molar-refractivity contribution in [3.63, 3.8) is 0 Å². The molecule has 1 heterocycles. The van der Waals surface area contributed by atoms with Crippen LogP contribution in [0.2, 0.25) is 0 Å². The van der Waals surface area contributed by atoms with Crippen LogP contribution in [0, 0.1) is 10.1 Å². The summed E-state index contributed by atoms with van der Waals surface area (Å²) in [5, 5.41) is 10.7. The van der Waals surface area contributed by atoms with Crippen LogP contribution in [0.4, 0.5) is 5.69 Å². The standard InChI is InChI=1S/C15H19N3O3/c16-8-2-9-17(12-15-3-1-10-21-15)11-13-4-6-14(7-5-13)18(19)20/h1,3-7,10H,2,8-9,11-12,16H2. The van der Waals surface area contributed by atoms with E-state index in [1.807, 2.05) is 12.1 Å². The molecule has 0 amide bonds. The predicted molar refractivity (Wildman–Crippen MR) is 79.6 cm³/mol. The minimum absolute atomic E-state index is 0.110. The van der Waals surface area contributed by atoms with E-state index in [-0.39, 0.29) is 5.69 Å². The van der Waals surface area contributed by atoms with Crippen LogP contribution in [-0.4, -0.2) is 22.9 Å². The molecule has 6 heteroatoms. The number of benzene rings is 1. The van der Waals surface area contributed by atoms with Crippen LogP contribution in [0.25, 0.3) is 0 Å². The van der Waals surface area contributed by atoms with Gasteiger partial charge >= 0.3 is 0 Å². The molecule has 21 heavy (non-hydrogen) atoms. The highest BCUT2D eigenvalue weighted by Gasteiger charge is 2.10. The highest BCUT2D eigenvalue weighted by molar-refractivity contribution is 5.32. The lowest BCUT2D eigenvalue weighted by Gasteiger charge is -2.21. The summed E-state index contributed by atoms with van der Waals surface area (Å²) in [7, 11) is 0. The Hall–Kier alpha value is -2.18. The van der Waals surface area contributed by atoms with E-state index < -0.39 is 4.92 Å². The maximum atomic E-state index is 10.7. The molecule has 1 aromatic carbocycles. The lowest BCUT2D eigenvalue weighted by atomic mass is 10.2. The van der Waals surface area contributed by atoms with E-state index in [0.717, 1.165) is 24.3 Å². The third-order valence-corrected chi connectivity index (χ3v) is 3.19. The van der Waals surface area contributed by atoms with Crippen molar-refractivity contribution in [1.29, 1.82) is 0 Å². The van der Waals surface area contributed by atoms with E-state index in [2.05, 4.69) is 4.90 Å². The smallest absolute Gasteiger partial charge is 0.269 e. The first kappa shape index (κ1) is 15.2. The monoisotopic (exact) mass is 289 g/mol. The van der Waals surface area contributed by atoms with Crippen LogP contribution in [-0.2, 0) is 13.1 Å². The number of nitrogens with zero attached hydrogens (tertiary/aromatic N) is 2. The summed E-state index contributed by atoms with van der Waals surface area (Å²) < 4.78 is 5.37. The molecule has 1 aromatic heterocycles. The molecular formula is C15H19N3O3. The van der Waals surface area contributed by atoms with Crippen molar-refractivity contribution in [3.05, 3.63) is 64.1 Å². The Morgan fingerprint density at radius 1 is 1.19 bits per heavy atom. The molecule has 6 nitrogen and oxygen atoms in total. The normalized spacial score (nSPS) is 11.0. The van der Waals surface area contributed by atoms with E-state index in [1.54, 1.807) is 18.4 Å². The highest BCUT2D eigenvalue weighted by atomic mass is 16.6. The summed E-state index contributed by atoms with van der Waals surface area (Å²) in [6.07, 6.45) is 2.55. The van der Waals surface area contributed by atoms with E-state index in [0.29, 0.717) is 19.6 Å². The Balaban J connectivity index is 2.01. The fraction of sp³-hybridized carbons (Fsp3) is 0.333. The summed E-state index contributed by atoms with van der Waals surface area (Å²) in [5.41, 5.74) is 6.71. The zero-order chi connectivity index (χ0) is 15.1. The van der Waals surface area contributed by atoms with Crippen LogP contribution < -0.4 is 5.73 Å². The first-order chi connectivity index (χ1) is 10.2. The molecule has 112 valence electrons. The Morgan fingerprint density at radius 2 is 1.95 bits per heavy atom. The predicted octanol–water partition coefficient (Wildman–Crippen LogP) is 2.54. The van der Waals surface area contributed by atoms with Gasteiger partial charge in [0.2, 0.25) is 0 Å². The fourth-order valence-corrected chi connectivity index (χ4v) is 2.13. The summed E-state index contributed by atoms with van der Waals surface area (Å²) in [5.74, 6) is 0.897. The van der Waals surface area contributed by atoms with Gasteiger partial charge in [-0.2, -0.15) is 0 Å². The van der Waals surface area contributed by atoms with Gasteiger partial charge in [-0.15, -0.1) is 0 Å². The fourth-order valence-electron chi connectivity index (χ4n) is 2.13. The number of rotatable bonds is 8. The van der Waals surface area contributed by atoms with Gasteiger partial charge in [-0.3, -0.25) is 15.0 Å². The van der Waals surface area contributed by atoms with Crippen LogP contribution in [0.1, 0.15) is 17.7 Å². The molecule has 0 bridgehead atoms. The van der Waals surface area contributed by atoms with Crippen LogP contribution in [0.3, 0.4) is 0 Å². The zero-order valence-corrected chi connectivity index (χ0v) is 11.8. The van der Waals surface area contributed by atoms with E-state index in [4.69, 9.17) is 10.2 Å². The maximum absolute atomic E-state index is 10.7. The number of nitrogens with two attached hydrogens (primary N) is 1. The molecule has 0 saturated heterocycles. The molecule has 0 aliphatic rings. The minimum atomic E-state index is -0.390. The third kappa shape index (κ3) is 4.70. The van der Waals surface area contributed by atoms with Crippen LogP contribution >= 0.6 is 0 Å². The van der Waals surface area contributed by atoms with Crippen molar-refractivity contribution in [1.82, 2.24) is 4.90 Å². The van der Waals surface area contributed by atoms with Gasteiger partial charge in [-0.1, -0.05) is 12.1 Å². The van der Waals surface area contributed by atoms with Crippen molar-refractivity contribution in [3.8, 4) is 0 Å². The van der Waals surface area contributed by atoms with Gasteiger partial charge in [-0.25, -0.2) is 0 Å². The number of nitro benzene ring substituents is 1. The van der Waals surface area contributed by atoms with Crippen molar-refractivity contribution in [2.24, 2.45) is 5.73 Å². The minimum Gasteiger partial charge on any atom is -0.468 e. The molecule has 2 N–H and O–H groups in total. The SMILES string of the molecule is NCCCN(Cc1ccc([N+](=O)[O-])cc1)Cc1ccco1. The first-order valence-corrected chi connectivity index (χ1v) is 6.87. The number of hydrogen-bond donors (Lipinski definition) is 1. The molecular weight excluding hydrogens is 270 g/mol.